The molecule has 3 heterocycles. The van der Waals surface area contributed by atoms with Crippen molar-refractivity contribution in [1.29, 1.82) is 0 Å². The Morgan fingerprint density at radius 2 is 2.04 bits per heavy atom. The summed E-state index contributed by atoms with van der Waals surface area (Å²) in [6.07, 6.45) is 4.63. The Labute approximate surface area is 142 Å². The maximum absolute atomic E-state index is 12.6. The SMILES string of the molecule is CCCCC(=O)N1Cc2ccnn2C(CC(=O)N2CCOCC2)C1. The van der Waals surface area contributed by atoms with Crippen LogP contribution in [0.5, 0.6) is 0 Å². The molecule has 0 bridgehead atoms. The molecule has 132 valence electrons. The van der Waals surface area contributed by atoms with Crippen molar-refractivity contribution < 1.29 is 14.3 Å². The van der Waals surface area contributed by atoms with Crippen LogP contribution >= 0.6 is 0 Å². The highest BCUT2D eigenvalue weighted by Crippen LogP contribution is 2.24. The highest BCUT2D eigenvalue weighted by molar-refractivity contribution is 5.78. The van der Waals surface area contributed by atoms with Crippen LogP contribution < -0.4 is 0 Å². The Morgan fingerprint density at radius 1 is 1.25 bits per heavy atom. The van der Waals surface area contributed by atoms with Gasteiger partial charge in [0.25, 0.3) is 0 Å². The molecule has 0 aliphatic carbocycles. The van der Waals surface area contributed by atoms with Crippen molar-refractivity contribution in [1.82, 2.24) is 19.6 Å². The molecule has 0 saturated carbocycles. The second-order valence-corrected chi connectivity index (χ2v) is 6.50. The van der Waals surface area contributed by atoms with Gasteiger partial charge in [-0.25, -0.2) is 0 Å². The molecule has 1 fully saturated rings. The summed E-state index contributed by atoms with van der Waals surface area (Å²) in [5.41, 5.74) is 1.01. The summed E-state index contributed by atoms with van der Waals surface area (Å²) in [5, 5.41) is 4.38. The second-order valence-electron chi connectivity index (χ2n) is 6.50. The molecule has 2 amide bonds. The van der Waals surface area contributed by atoms with E-state index in [4.69, 9.17) is 4.74 Å². The predicted octanol–water partition coefficient (Wildman–Crippen LogP) is 1.21. The Hall–Kier alpha value is -1.89. The normalized spacial score (nSPS) is 20.8. The van der Waals surface area contributed by atoms with Crippen molar-refractivity contribution >= 4 is 11.8 Å². The van der Waals surface area contributed by atoms with E-state index in [2.05, 4.69) is 12.0 Å². The van der Waals surface area contributed by atoms with Crippen LogP contribution in [0.3, 0.4) is 0 Å². The van der Waals surface area contributed by atoms with Gasteiger partial charge in [0, 0.05) is 32.3 Å². The number of hydrogen-bond donors (Lipinski definition) is 0. The standard InChI is InChI=1S/C17H26N4O3/c1-2-3-4-16(22)20-12-14-5-6-18-21(14)15(13-20)11-17(23)19-7-9-24-10-8-19/h5-6,15H,2-4,7-13H2,1H3. The predicted molar refractivity (Wildman–Crippen MR) is 88.2 cm³/mol. The zero-order chi connectivity index (χ0) is 16.9. The van der Waals surface area contributed by atoms with Crippen molar-refractivity contribution in [2.24, 2.45) is 0 Å². The summed E-state index contributed by atoms with van der Waals surface area (Å²) >= 11 is 0. The summed E-state index contributed by atoms with van der Waals surface area (Å²) in [5.74, 6) is 0.292. The average Bonchev–Trinajstić information content (AvgIpc) is 3.09. The first-order chi connectivity index (χ1) is 11.7. The topological polar surface area (TPSA) is 67.7 Å². The van der Waals surface area contributed by atoms with Gasteiger partial charge < -0.3 is 14.5 Å². The largest absolute Gasteiger partial charge is 0.378 e. The fourth-order valence-corrected chi connectivity index (χ4v) is 3.36. The molecule has 0 aromatic carbocycles. The maximum atomic E-state index is 12.6. The minimum absolute atomic E-state index is 0.0790. The van der Waals surface area contributed by atoms with Crippen molar-refractivity contribution in [3.05, 3.63) is 18.0 Å². The van der Waals surface area contributed by atoms with Gasteiger partial charge in [-0.1, -0.05) is 13.3 Å². The molecule has 1 saturated heterocycles. The number of rotatable bonds is 5. The van der Waals surface area contributed by atoms with Crippen LogP contribution in [0.1, 0.15) is 44.3 Å². The molecule has 1 unspecified atom stereocenters. The van der Waals surface area contributed by atoms with Crippen LogP contribution in [-0.2, 0) is 20.9 Å². The maximum Gasteiger partial charge on any atom is 0.224 e. The summed E-state index contributed by atoms with van der Waals surface area (Å²) in [6, 6.07) is 1.86. The highest BCUT2D eigenvalue weighted by atomic mass is 16.5. The first kappa shape index (κ1) is 17.0. The van der Waals surface area contributed by atoms with Gasteiger partial charge in [-0.2, -0.15) is 5.10 Å². The molecule has 7 heteroatoms. The Balaban J connectivity index is 1.67. The third-order valence-corrected chi connectivity index (χ3v) is 4.75. The van der Waals surface area contributed by atoms with Gasteiger partial charge in [-0.05, 0) is 12.5 Å². The Kier molecular flexibility index (Phi) is 5.50. The van der Waals surface area contributed by atoms with Crippen molar-refractivity contribution in [3.8, 4) is 0 Å². The van der Waals surface area contributed by atoms with Crippen LogP contribution in [0.15, 0.2) is 12.3 Å². The van der Waals surface area contributed by atoms with Gasteiger partial charge in [0.15, 0.2) is 0 Å². The van der Waals surface area contributed by atoms with Gasteiger partial charge in [-0.15, -0.1) is 0 Å². The van der Waals surface area contributed by atoms with Crippen molar-refractivity contribution in [2.75, 3.05) is 32.8 Å². The van der Waals surface area contributed by atoms with Crippen molar-refractivity contribution in [3.63, 3.8) is 0 Å². The van der Waals surface area contributed by atoms with E-state index in [0.717, 1.165) is 18.5 Å². The summed E-state index contributed by atoms with van der Waals surface area (Å²) in [7, 11) is 0. The highest BCUT2D eigenvalue weighted by Gasteiger charge is 2.31. The first-order valence-electron chi connectivity index (χ1n) is 8.84. The zero-order valence-corrected chi connectivity index (χ0v) is 14.3. The lowest BCUT2D eigenvalue weighted by Gasteiger charge is -2.35. The fourth-order valence-electron chi connectivity index (χ4n) is 3.36. The van der Waals surface area contributed by atoms with Crippen LogP contribution in [0.2, 0.25) is 0 Å². The number of fused-ring (bicyclic) bond motifs is 1. The molecule has 7 nitrogen and oxygen atoms in total. The van der Waals surface area contributed by atoms with Gasteiger partial charge in [0.2, 0.25) is 11.8 Å². The summed E-state index contributed by atoms with van der Waals surface area (Å²) in [4.78, 5) is 28.7. The van der Waals surface area contributed by atoms with E-state index in [0.29, 0.717) is 52.2 Å². The molecule has 0 radical (unpaired) electrons. The Bertz CT molecular complexity index is 580. The molecule has 2 aliphatic rings. The molecule has 2 aliphatic heterocycles. The second kappa shape index (κ2) is 7.79. The number of nitrogens with zero attached hydrogens (tertiary/aromatic N) is 4. The number of morpholine rings is 1. The van der Waals surface area contributed by atoms with E-state index >= 15 is 0 Å². The number of unbranched alkanes of at least 4 members (excludes halogenated alkanes) is 1. The van der Waals surface area contributed by atoms with Gasteiger partial charge in [-0.3, -0.25) is 14.3 Å². The quantitative estimate of drug-likeness (QED) is 0.812. The Morgan fingerprint density at radius 3 is 2.79 bits per heavy atom. The average molecular weight is 334 g/mol. The van der Waals surface area contributed by atoms with Gasteiger partial charge >= 0.3 is 0 Å². The molecule has 1 atom stereocenters. The first-order valence-corrected chi connectivity index (χ1v) is 8.84. The van der Waals surface area contributed by atoms with Crippen LogP contribution in [-0.4, -0.2) is 64.2 Å². The van der Waals surface area contributed by atoms with Gasteiger partial charge in [0.1, 0.15) is 0 Å². The lowest BCUT2D eigenvalue weighted by Crippen LogP contribution is -2.45. The van der Waals surface area contributed by atoms with E-state index in [9.17, 15) is 9.59 Å². The number of carbonyl (C=O) groups is 2. The lowest BCUT2D eigenvalue weighted by molar-refractivity contribution is -0.139. The summed E-state index contributed by atoms with van der Waals surface area (Å²) in [6.45, 7) is 5.74. The van der Waals surface area contributed by atoms with Crippen molar-refractivity contribution in [2.45, 2.75) is 45.2 Å². The molecular formula is C17H26N4O3. The smallest absolute Gasteiger partial charge is 0.224 e. The molecule has 1 aromatic heterocycles. The third-order valence-electron chi connectivity index (χ3n) is 4.75. The fraction of sp³-hybridized carbons (Fsp3) is 0.706. The molecule has 1 aromatic rings. The van der Waals surface area contributed by atoms with Crippen LogP contribution in [0.4, 0.5) is 0 Å². The van der Waals surface area contributed by atoms with Gasteiger partial charge in [0.05, 0.1) is 37.9 Å². The van der Waals surface area contributed by atoms with E-state index in [1.165, 1.54) is 0 Å². The number of hydrogen-bond acceptors (Lipinski definition) is 4. The van der Waals surface area contributed by atoms with Crippen LogP contribution in [0.25, 0.3) is 0 Å². The number of amides is 2. The molecular weight excluding hydrogens is 308 g/mol. The summed E-state index contributed by atoms with van der Waals surface area (Å²) < 4.78 is 7.22. The van der Waals surface area contributed by atoms with E-state index in [1.807, 2.05) is 20.5 Å². The monoisotopic (exact) mass is 334 g/mol. The number of ether oxygens (including phenoxy) is 1. The zero-order valence-electron chi connectivity index (χ0n) is 14.3. The number of aromatic nitrogens is 2. The molecule has 3 rings (SSSR count). The van der Waals surface area contributed by atoms with Crippen LogP contribution in [0, 0.1) is 0 Å². The minimum Gasteiger partial charge on any atom is -0.378 e. The van der Waals surface area contributed by atoms with E-state index < -0.39 is 0 Å². The lowest BCUT2D eigenvalue weighted by atomic mass is 10.1. The number of carbonyl (C=O) groups excluding carboxylic acids is 2. The molecule has 0 N–H and O–H groups in total. The molecule has 24 heavy (non-hydrogen) atoms. The minimum atomic E-state index is -0.0790. The van der Waals surface area contributed by atoms with E-state index in [1.54, 1.807) is 6.20 Å². The third kappa shape index (κ3) is 3.77. The molecule has 0 spiro atoms. The van der Waals surface area contributed by atoms with E-state index in [-0.39, 0.29) is 17.9 Å².